The van der Waals surface area contributed by atoms with E-state index in [9.17, 15) is 8.42 Å². The van der Waals surface area contributed by atoms with Crippen molar-refractivity contribution >= 4 is 68.4 Å². The molecule has 0 bridgehead atoms. The molecule has 69 heavy (non-hydrogen) atoms. The van der Waals surface area contributed by atoms with E-state index in [1.165, 1.54) is 0 Å². The van der Waals surface area contributed by atoms with Crippen LogP contribution in [-0.2, 0) is 22.7 Å². The lowest BCUT2D eigenvalue weighted by Gasteiger charge is -2.19. The highest BCUT2D eigenvalue weighted by molar-refractivity contribution is 7.91. The molecular weight excluding hydrogens is 929 g/mol. The molecule has 0 saturated carbocycles. The SMILES string of the molecule is O=S(=O)(c1ccc(NC(Cc2ccco2)n2nc(-c3ccc(Nc4ccccc4)cc3)oc2=S)cc1)c1ccc(NC(Cc2ccco2)n2nc(-c3ccc(Nc4ccccc4)cc3)oc2=S)cc1. The zero-order valence-electron chi connectivity index (χ0n) is 36.5. The molecule has 0 aliphatic rings. The summed E-state index contributed by atoms with van der Waals surface area (Å²) in [6.07, 6.45) is 2.82. The van der Waals surface area contributed by atoms with Crippen LogP contribution in [0.1, 0.15) is 23.9 Å². The van der Waals surface area contributed by atoms with Crippen molar-refractivity contribution in [3.8, 4) is 22.9 Å². The molecule has 0 saturated heterocycles. The number of sulfone groups is 1. The standard InChI is InChI=1S/C52H42N8O6S3/c61-69(62,45-27-23-41(24-28-45)55-47(33-43-13-7-31-63-43)59-51(67)65-49(57-59)35-15-19-39(20-16-35)53-37-9-3-1-4-10-37)46-29-25-42(26-30-46)56-48(34-44-14-8-32-64-44)60-52(68)66-50(58-60)36-17-21-40(22-18-36)54-38-11-5-2-6-12-38/h1-32,47-48,53-56H,33-34H2. The van der Waals surface area contributed by atoms with E-state index in [-0.39, 0.29) is 19.5 Å². The summed E-state index contributed by atoms with van der Waals surface area (Å²) in [6.45, 7) is 0. The third-order valence-corrected chi connectivity index (χ3v) is 13.4. The number of benzene rings is 6. The maximum absolute atomic E-state index is 14.0. The van der Waals surface area contributed by atoms with Crippen LogP contribution >= 0.6 is 24.4 Å². The molecule has 0 fully saturated rings. The number of nitrogens with one attached hydrogen (secondary N) is 4. The summed E-state index contributed by atoms with van der Waals surface area (Å²) in [5.41, 5.74) is 6.50. The molecule has 17 heteroatoms. The van der Waals surface area contributed by atoms with Crippen molar-refractivity contribution in [2.75, 3.05) is 21.3 Å². The number of para-hydroxylation sites is 2. The Morgan fingerprint density at radius 1 is 0.449 bits per heavy atom. The van der Waals surface area contributed by atoms with Gasteiger partial charge in [0.05, 0.1) is 22.3 Å². The molecule has 0 radical (unpaired) electrons. The van der Waals surface area contributed by atoms with Gasteiger partial charge in [0.15, 0.2) is 0 Å². The minimum atomic E-state index is -3.92. The van der Waals surface area contributed by atoms with Gasteiger partial charge in [-0.2, -0.15) is 9.36 Å². The van der Waals surface area contributed by atoms with E-state index >= 15 is 0 Å². The van der Waals surface area contributed by atoms with Crippen molar-refractivity contribution in [2.45, 2.75) is 35.0 Å². The van der Waals surface area contributed by atoms with Gasteiger partial charge in [0.25, 0.3) is 9.67 Å². The van der Waals surface area contributed by atoms with Crippen molar-refractivity contribution in [1.29, 1.82) is 0 Å². The van der Waals surface area contributed by atoms with Gasteiger partial charge in [0, 0.05) is 58.1 Å². The van der Waals surface area contributed by atoms with Crippen LogP contribution in [0.4, 0.5) is 34.1 Å². The molecule has 4 aromatic heterocycles. The van der Waals surface area contributed by atoms with E-state index in [2.05, 4.69) is 21.3 Å². The van der Waals surface area contributed by atoms with Gasteiger partial charge in [0.1, 0.15) is 23.9 Å². The van der Waals surface area contributed by atoms with Crippen LogP contribution in [0, 0.1) is 9.67 Å². The van der Waals surface area contributed by atoms with Crippen molar-refractivity contribution in [2.24, 2.45) is 0 Å². The Kier molecular flexibility index (Phi) is 12.9. The molecule has 0 amide bonds. The molecule has 10 aromatic rings. The molecule has 14 nitrogen and oxygen atoms in total. The maximum atomic E-state index is 14.0. The molecule has 0 aliphatic carbocycles. The summed E-state index contributed by atoms with van der Waals surface area (Å²) >= 11 is 11.3. The fourth-order valence-corrected chi connectivity index (χ4v) is 9.35. The lowest BCUT2D eigenvalue weighted by molar-refractivity contribution is 0.415. The minimum Gasteiger partial charge on any atom is -0.469 e. The van der Waals surface area contributed by atoms with E-state index in [1.807, 2.05) is 121 Å². The Morgan fingerprint density at radius 3 is 1.17 bits per heavy atom. The lowest BCUT2D eigenvalue weighted by atomic mass is 10.2. The monoisotopic (exact) mass is 970 g/mol. The average Bonchev–Trinajstić information content (AvgIpc) is 4.23. The highest BCUT2D eigenvalue weighted by Gasteiger charge is 2.23. The van der Waals surface area contributed by atoms with Crippen LogP contribution in [0.25, 0.3) is 22.9 Å². The van der Waals surface area contributed by atoms with Crippen molar-refractivity contribution in [1.82, 2.24) is 19.6 Å². The van der Waals surface area contributed by atoms with Gasteiger partial charge in [0.2, 0.25) is 21.6 Å². The van der Waals surface area contributed by atoms with Crippen molar-refractivity contribution < 1.29 is 26.1 Å². The second-order valence-electron chi connectivity index (χ2n) is 15.8. The van der Waals surface area contributed by atoms with E-state index < -0.39 is 22.2 Å². The summed E-state index contributed by atoms with van der Waals surface area (Å²) in [5, 5.41) is 23.1. The Labute approximate surface area is 406 Å². The molecule has 2 unspecified atom stereocenters. The predicted molar refractivity (Wildman–Crippen MR) is 269 cm³/mol. The molecule has 0 spiro atoms. The van der Waals surface area contributed by atoms with Crippen LogP contribution < -0.4 is 21.3 Å². The van der Waals surface area contributed by atoms with Crippen molar-refractivity contribution in [3.05, 3.63) is 216 Å². The van der Waals surface area contributed by atoms with Gasteiger partial charge in [-0.05, 0) is 170 Å². The summed E-state index contributed by atoms with van der Waals surface area (Å²) in [6, 6.07) is 55.5. The van der Waals surface area contributed by atoms with Crippen LogP contribution in [0.15, 0.2) is 222 Å². The molecular formula is C52H42N8O6S3. The molecule has 2 atom stereocenters. The summed E-state index contributed by atoms with van der Waals surface area (Å²) in [4.78, 5) is 0.528. The third kappa shape index (κ3) is 10.5. The number of hydrogen-bond donors (Lipinski definition) is 4. The first-order valence-corrected chi connectivity index (χ1v) is 24.1. The second kappa shape index (κ2) is 19.9. The first-order chi connectivity index (χ1) is 33.7. The Bertz CT molecular complexity index is 3260. The zero-order valence-corrected chi connectivity index (χ0v) is 39.0. The smallest absolute Gasteiger partial charge is 0.289 e. The molecule has 10 rings (SSSR count). The van der Waals surface area contributed by atoms with Crippen LogP contribution in [0.2, 0.25) is 0 Å². The van der Waals surface area contributed by atoms with Gasteiger partial charge >= 0.3 is 0 Å². The van der Waals surface area contributed by atoms with Crippen molar-refractivity contribution in [3.63, 3.8) is 0 Å². The van der Waals surface area contributed by atoms with Gasteiger partial charge in [-0.15, -0.1) is 10.2 Å². The van der Waals surface area contributed by atoms with E-state index in [0.29, 0.717) is 47.5 Å². The van der Waals surface area contributed by atoms with Gasteiger partial charge in [-0.3, -0.25) is 0 Å². The number of anilines is 6. The molecule has 6 aromatic carbocycles. The second-order valence-corrected chi connectivity index (χ2v) is 18.5. The fraction of sp³-hybridized carbons (Fsp3) is 0.0769. The largest absolute Gasteiger partial charge is 0.469 e. The topological polar surface area (TPSA) is 170 Å². The normalized spacial score (nSPS) is 12.3. The quantitative estimate of drug-likeness (QED) is 0.0599. The molecule has 4 N–H and O–H groups in total. The molecule has 0 aliphatic heterocycles. The van der Waals surface area contributed by atoms with E-state index in [4.69, 9.17) is 52.3 Å². The molecule has 4 heterocycles. The Balaban J connectivity index is 0.832. The third-order valence-electron chi connectivity index (χ3n) is 11.1. The number of aromatic nitrogens is 4. The van der Waals surface area contributed by atoms with Gasteiger partial charge in [-0.1, -0.05) is 36.4 Å². The minimum absolute atomic E-state index is 0.114. The van der Waals surface area contributed by atoms with Crippen LogP contribution in [-0.4, -0.2) is 28.0 Å². The number of furan rings is 2. The van der Waals surface area contributed by atoms with Crippen LogP contribution in [0.3, 0.4) is 0 Å². The first-order valence-electron chi connectivity index (χ1n) is 21.8. The highest BCUT2D eigenvalue weighted by atomic mass is 32.2. The average molecular weight is 971 g/mol. The molecule has 344 valence electrons. The zero-order chi connectivity index (χ0) is 47.2. The Hall–Kier alpha value is -8.25. The summed E-state index contributed by atoms with van der Waals surface area (Å²) in [7, 11) is -3.92. The lowest BCUT2D eigenvalue weighted by Crippen LogP contribution is -2.22. The van der Waals surface area contributed by atoms with Gasteiger partial charge < -0.3 is 38.9 Å². The number of nitrogens with zero attached hydrogens (tertiary/aromatic N) is 4. The summed E-state index contributed by atoms with van der Waals surface area (Å²) < 4.78 is 54.5. The highest BCUT2D eigenvalue weighted by Crippen LogP contribution is 2.30. The van der Waals surface area contributed by atoms with E-state index in [0.717, 1.165) is 33.9 Å². The predicted octanol–water partition coefficient (Wildman–Crippen LogP) is 13.3. The number of hydrogen-bond acceptors (Lipinski definition) is 14. The first kappa shape index (κ1) is 44.6. The van der Waals surface area contributed by atoms with Gasteiger partial charge in [-0.25, -0.2) is 8.42 Å². The Morgan fingerprint density at radius 2 is 0.812 bits per heavy atom. The van der Waals surface area contributed by atoms with Crippen LogP contribution in [0.5, 0.6) is 0 Å². The van der Waals surface area contributed by atoms with E-state index in [1.54, 1.807) is 82.6 Å². The fourth-order valence-electron chi connectivity index (χ4n) is 7.59. The summed E-state index contributed by atoms with van der Waals surface area (Å²) in [5.74, 6) is 2.07. The maximum Gasteiger partial charge on any atom is 0.289 e. The number of rotatable bonds is 18.